The van der Waals surface area contributed by atoms with Gasteiger partial charge in [0.25, 0.3) is 0 Å². The fourth-order valence-corrected chi connectivity index (χ4v) is 0.475. The number of nitrogens with two attached hydrogens (primary N) is 2. The Morgan fingerprint density at radius 2 is 1.23 bits per heavy atom. The van der Waals surface area contributed by atoms with E-state index in [1.54, 1.807) is 0 Å². The summed E-state index contributed by atoms with van der Waals surface area (Å²) in [7, 11) is 0. The van der Waals surface area contributed by atoms with Gasteiger partial charge in [-0.3, -0.25) is 9.59 Å². The molecule has 0 aromatic heterocycles. The van der Waals surface area contributed by atoms with Crippen molar-refractivity contribution in [1.82, 2.24) is 0 Å². The maximum atomic E-state index is 10.1. The number of halogens is 2. The Hall–Kier alpha value is -0.560. The monoisotopic (exact) mass is 234 g/mol. The fraction of sp³-hybridized carbons (Fsp3) is 0.600. The van der Waals surface area contributed by atoms with Gasteiger partial charge in [-0.2, -0.15) is 0 Å². The van der Waals surface area contributed by atoms with Crippen molar-refractivity contribution in [1.29, 1.82) is 0 Å². The van der Waals surface area contributed by atoms with Gasteiger partial charge < -0.3 is 21.7 Å². The Morgan fingerprint density at radius 1 is 1.00 bits per heavy atom. The smallest absolute Gasteiger partial charge is 0.320 e. The molecule has 0 spiro atoms. The van der Waals surface area contributed by atoms with Crippen LogP contribution < -0.4 is 11.5 Å². The SMILES string of the molecule is Cl.Cl.N[C@@H](C[C@H](N)C(=O)O)C(=O)O. The molecule has 0 aromatic carbocycles. The molecule has 0 bridgehead atoms. The highest BCUT2D eigenvalue weighted by Gasteiger charge is 2.20. The molecule has 0 aliphatic heterocycles. The molecule has 0 fully saturated rings. The maximum absolute atomic E-state index is 10.1. The third-order valence-electron chi connectivity index (χ3n) is 1.14. The molecular weight excluding hydrogens is 223 g/mol. The summed E-state index contributed by atoms with van der Waals surface area (Å²) in [5.74, 6) is -2.50. The molecule has 0 aliphatic carbocycles. The molecule has 0 radical (unpaired) electrons. The first-order valence-electron chi connectivity index (χ1n) is 2.92. The molecule has 6 nitrogen and oxygen atoms in total. The molecular formula is C5H12Cl2N2O4. The molecule has 0 saturated carbocycles. The first-order valence-corrected chi connectivity index (χ1v) is 2.92. The second-order valence-electron chi connectivity index (χ2n) is 2.13. The topological polar surface area (TPSA) is 127 Å². The summed E-state index contributed by atoms with van der Waals surface area (Å²) < 4.78 is 0. The third-order valence-corrected chi connectivity index (χ3v) is 1.14. The van der Waals surface area contributed by atoms with Gasteiger partial charge in [0.1, 0.15) is 12.1 Å². The lowest BCUT2D eigenvalue weighted by atomic mass is 10.1. The van der Waals surface area contributed by atoms with Gasteiger partial charge in [-0.25, -0.2) is 0 Å². The molecule has 8 heteroatoms. The minimum absolute atomic E-state index is 0. The van der Waals surface area contributed by atoms with Crippen molar-refractivity contribution in [2.75, 3.05) is 0 Å². The van der Waals surface area contributed by atoms with Crippen molar-refractivity contribution >= 4 is 36.8 Å². The van der Waals surface area contributed by atoms with Crippen LogP contribution in [0.15, 0.2) is 0 Å². The van der Waals surface area contributed by atoms with Crippen LogP contribution in [-0.4, -0.2) is 34.2 Å². The van der Waals surface area contributed by atoms with Crippen molar-refractivity contribution in [3.05, 3.63) is 0 Å². The summed E-state index contributed by atoms with van der Waals surface area (Å²) in [5, 5.41) is 16.5. The molecule has 0 heterocycles. The van der Waals surface area contributed by atoms with Crippen molar-refractivity contribution in [3.8, 4) is 0 Å². The minimum Gasteiger partial charge on any atom is -0.480 e. The molecule has 0 amide bonds. The van der Waals surface area contributed by atoms with Crippen LogP contribution in [0.1, 0.15) is 6.42 Å². The fourth-order valence-electron chi connectivity index (χ4n) is 0.475. The Morgan fingerprint density at radius 3 is 1.38 bits per heavy atom. The van der Waals surface area contributed by atoms with Crippen molar-refractivity contribution in [3.63, 3.8) is 0 Å². The van der Waals surface area contributed by atoms with Gasteiger partial charge in [-0.1, -0.05) is 0 Å². The van der Waals surface area contributed by atoms with Gasteiger partial charge >= 0.3 is 11.9 Å². The summed E-state index contributed by atoms with van der Waals surface area (Å²) in [6.07, 6.45) is -0.259. The standard InChI is InChI=1S/C5H10N2O4.2ClH/c6-2(4(8)9)1-3(7)5(10)11;;/h2-3H,1,6-7H2,(H,8,9)(H,10,11);2*1H/t2-,3-;;/m0../s1. The average Bonchev–Trinajstić information content (AvgIpc) is 1.87. The van der Waals surface area contributed by atoms with E-state index in [1.165, 1.54) is 0 Å². The number of carboxylic acids is 2. The van der Waals surface area contributed by atoms with Gasteiger partial charge in [0.15, 0.2) is 0 Å². The Labute approximate surface area is 87.1 Å². The van der Waals surface area contributed by atoms with E-state index in [2.05, 4.69) is 0 Å². The second kappa shape index (κ2) is 8.06. The van der Waals surface area contributed by atoms with Crippen molar-refractivity contribution in [2.24, 2.45) is 11.5 Å². The molecule has 0 aromatic rings. The largest absolute Gasteiger partial charge is 0.480 e. The van der Waals surface area contributed by atoms with Gasteiger partial charge in [0.05, 0.1) is 0 Å². The zero-order valence-electron chi connectivity index (χ0n) is 6.54. The average molecular weight is 235 g/mol. The molecule has 0 saturated heterocycles. The summed E-state index contributed by atoms with van der Waals surface area (Å²) in [4.78, 5) is 20.2. The van der Waals surface area contributed by atoms with Crippen LogP contribution in [0.5, 0.6) is 0 Å². The van der Waals surface area contributed by atoms with Gasteiger partial charge in [-0.15, -0.1) is 24.8 Å². The number of rotatable bonds is 4. The van der Waals surface area contributed by atoms with Gasteiger partial charge in [0.2, 0.25) is 0 Å². The van der Waals surface area contributed by atoms with Crippen LogP contribution in [0.4, 0.5) is 0 Å². The Bertz CT molecular complexity index is 160. The summed E-state index contributed by atoms with van der Waals surface area (Å²) in [6.45, 7) is 0. The molecule has 0 unspecified atom stereocenters. The minimum atomic E-state index is -1.25. The van der Waals surface area contributed by atoms with Crippen LogP contribution >= 0.6 is 24.8 Å². The van der Waals surface area contributed by atoms with E-state index in [9.17, 15) is 9.59 Å². The van der Waals surface area contributed by atoms with E-state index >= 15 is 0 Å². The maximum Gasteiger partial charge on any atom is 0.320 e. The highest BCUT2D eigenvalue weighted by atomic mass is 35.5. The molecule has 6 N–H and O–H groups in total. The molecule has 80 valence electrons. The summed E-state index contributed by atoms with van der Waals surface area (Å²) >= 11 is 0. The zero-order valence-corrected chi connectivity index (χ0v) is 8.18. The number of carboxylic acid groups (broad SMARTS) is 2. The van der Waals surface area contributed by atoms with Crippen LogP contribution in [0.2, 0.25) is 0 Å². The van der Waals surface area contributed by atoms with E-state index in [-0.39, 0.29) is 31.2 Å². The normalized spacial score (nSPS) is 13.1. The van der Waals surface area contributed by atoms with E-state index in [0.717, 1.165) is 0 Å². The summed E-state index contributed by atoms with van der Waals surface area (Å²) in [6, 6.07) is -2.41. The van der Waals surface area contributed by atoms with Crippen molar-refractivity contribution < 1.29 is 19.8 Å². The quantitative estimate of drug-likeness (QED) is 0.497. The lowest BCUT2D eigenvalue weighted by Crippen LogP contribution is -2.41. The van der Waals surface area contributed by atoms with Crippen LogP contribution in [0.25, 0.3) is 0 Å². The highest BCUT2D eigenvalue weighted by molar-refractivity contribution is 5.85. The van der Waals surface area contributed by atoms with Crippen molar-refractivity contribution in [2.45, 2.75) is 18.5 Å². The van der Waals surface area contributed by atoms with Gasteiger partial charge in [-0.05, 0) is 6.42 Å². The first-order chi connectivity index (χ1) is 4.95. The highest BCUT2D eigenvalue weighted by Crippen LogP contribution is 1.93. The molecule has 0 aliphatic rings. The van der Waals surface area contributed by atoms with E-state index < -0.39 is 24.0 Å². The predicted molar refractivity (Wildman–Crippen MR) is 50.3 cm³/mol. The lowest BCUT2D eigenvalue weighted by molar-refractivity contribution is -0.140. The predicted octanol–water partition coefficient (Wildman–Crippen LogP) is -0.956. The first kappa shape index (κ1) is 18.3. The van der Waals surface area contributed by atoms with Crippen LogP contribution in [0.3, 0.4) is 0 Å². The van der Waals surface area contributed by atoms with E-state index in [1.807, 2.05) is 0 Å². The number of carbonyl (C=O) groups is 2. The molecule has 13 heavy (non-hydrogen) atoms. The Balaban J connectivity index is -0.000000500. The molecule has 2 atom stereocenters. The number of aliphatic carboxylic acids is 2. The zero-order chi connectivity index (χ0) is 9.02. The van der Waals surface area contributed by atoms with Crippen LogP contribution in [0, 0.1) is 0 Å². The summed E-state index contributed by atoms with van der Waals surface area (Å²) in [5.41, 5.74) is 10.0. The van der Waals surface area contributed by atoms with Gasteiger partial charge in [0, 0.05) is 0 Å². The molecule has 0 rings (SSSR count). The van der Waals surface area contributed by atoms with E-state index in [4.69, 9.17) is 21.7 Å². The van der Waals surface area contributed by atoms with E-state index in [0.29, 0.717) is 0 Å². The Kier molecular flexibility index (Phi) is 11.3. The van der Waals surface area contributed by atoms with Crippen LogP contribution in [-0.2, 0) is 9.59 Å². The number of hydrogen-bond donors (Lipinski definition) is 4. The second-order valence-corrected chi connectivity index (χ2v) is 2.13. The third kappa shape index (κ3) is 7.79. The number of hydrogen-bond acceptors (Lipinski definition) is 4. The lowest BCUT2D eigenvalue weighted by Gasteiger charge is -2.08.